The van der Waals surface area contributed by atoms with Crippen molar-refractivity contribution in [2.24, 2.45) is 34.5 Å². The highest BCUT2D eigenvalue weighted by atomic mass is 16.5. The second kappa shape index (κ2) is 6.76. The lowest BCUT2D eigenvalue weighted by molar-refractivity contribution is -0.183. The standard InChI is InChI=1S/C24H34O5/c1-14(25)18-7-8-19-17-6-5-15-11-16(26)12-24(29-4,13-21(27)28)23(15,3)20(17)9-10-22(18,19)2/h11,17-20H,5-10,12-13H2,1-4H3,(H,27,28)/t17-,18+,19-,20-,22+,23-,24?/m0/s1. The molecule has 3 fully saturated rings. The van der Waals surface area contributed by atoms with E-state index in [9.17, 15) is 19.5 Å². The predicted molar refractivity (Wildman–Crippen MR) is 108 cm³/mol. The Kier molecular flexibility index (Phi) is 4.84. The number of rotatable bonds is 4. The van der Waals surface area contributed by atoms with Crippen LogP contribution >= 0.6 is 0 Å². The largest absolute Gasteiger partial charge is 0.481 e. The van der Waals surface area contributed by atoms with Crippen LogP contribution in [0.4, 0.5) is 0 Å². The van der Waals surface area contributed by atoms with E-state index in [2.05, 4.69) is 13.8 Å². The van der Waals surface area contributed by atoms with Gasteiger partial charge >= 0.3 is 5.97 Å². The van der Waals surface area contributed by atoms with E-state index in [1.165, 1.54) is 0 Å². The Balaban J connectivity index is 1.78. The van der Waals surface area contributed by atoms with Crippen LogP contribution in [-0.2, 0) is 19.1 Å². The quantitative estimate of drug-likeness (QED) is 0.762. The van der Waals surface area contributed by atoms with Crippen molar-refractivity contribution in [2.75, 3.05) is 7.11 Å². The maximum atomic E-state index is 12.5. The average molecular weight is 403 g/mol. The Bertz CT molecular complexity index is 784. The van der Waals surface area contributed by atoms with Crippen LogP contribution in [-0.4, -0.2) is 35.4 Å². The third kappa shape index (κ3) is 2.72. The van der Waals surface area contributed by atoms with Crippen molar-refractivity contribution >= 4 is 17.5 Å². The Labute approximate surface area is 173 Å². The van der Waals surface area contributed by atoms with Crippen molar-refractivity contribution in [3.8, 4) is 0 Å². The Hall–Kier alpha value is -1.49. The minimum Gasteiger partial charge on any atom is -0.481 e. The number of carboxylic acids is 1. The summed E-state index contributed by atoms with van der Waals surface area (Å²) in [5, 5.41) is 9.69. The fourth-order valence-corrected chi connectivity index (χ4v) is 8.30. The molecule has 29 heavy (non-hydrogen) atoms. The zero-order valence-electron chi connectivity index (χ0n) is 18.1. The number of methoxy groups -OCH3 is 1. The van der Waals surface area contributed by atoms with Gasteiger partial charge in [0, 0.05) is 24.9 Å². The van der Waals surface area contributed by atoms with Gasteiger partial charge in [0.2, 0.25) is 0 Å². The topological polar surface area (TPSA) is 80.7 Å². The van der Waals surface area contributed by atoms with Gasteiger partial charge in [-0.2, -0.15) is 0 Å². The first kappa shape index (κ1) is 20.8. The first-order valence-electron chi connectivity index (χ1n) is 11.1. The minimum absolute atomic E-state index is 0.0165. The van der Waals surface area contributed by atoms with Crippen molar-refractivity contribution in [3.63, 3.8) is 0 Å². The number of Topliss-reactive ketones (excluding diaryl/α,β-unsaturated/α-hetero) is 1. The van der Waals surface area contributed by atoms with Crippen molar-refractivity contribution in [1.29, 1.82) is 0 Å². The Morgan fingerprint density at radius 1 is 1.17 bits per heavy atom. The van der Waals surface area contributed by atoms with Gasteiger partial charge in [-0.15, -0.1) is 0 Å². The van der Waals surface area contributed by atoms with Gasteiger partial charge in [-0.25, -0.2) is 0 Å². The Morgan fingerprint density at radius 2 is 1.90 bits per heavy atom. The van der Waals surface area contributed by atoms with Gasteiger partial charge in [0.25, 0.3) is 0 Å². The summed E-state index contributed by atoms with van der Waals surface area (Å²) in [6.45, 7) is 6.21. The number of aliphatic carboxylic acids is 1. The summed E-state index contributed by atoms with van der Waals surface area (Å²) in [5.74, 6) is 0.773. The molecule has 160 valence electrons. The molecule has 3 saturated carbocycles. The molecule has 1 unspecified atom stereocenters. The summed E-state index contributed by atoms with van der Waals surface area (Å²) in [5.41, 5.74) is -0.303. The molecule has 0 heterocycles. The van der Waals surface area contributed by atoms with Gasteiger partial charge in [0.1, 0.15) is 5.78 Å². The highest BCUT2D eigenvalue weighted by Crippen LogP contribution is 2.69. The molecule has 5 heteroatoms. The van der Waals surface area contributed by atoms with Crippen LogP contribution in [0.2, 0.25) is 0 Å². The van der Waals surface area contributed by atoms with E-state index in [1.54, 1.807) is 20.1 Å². The molecular weight excluding hydrogens is 368 g/mol. The molecule has 4 rings (SSSR count). The average Bonchev–Trinajstić information content (AvgIpc) is 2.99. The third-order valence-corrected chi connectivity index (χ3v) is 9.65. The number of carbonyl (C=O) groups excluding carboxylic acids is 2. The number of fused-ring (bicyclic) bond motifs is 5. The van der Waals surface area contributed by atoms with E-state index in [4.69, 9.17) is 4.74 Å². The maximum Gasteiger partial charge on any atom is 0.306 e. The van der Waals surface area contributed by atoms with Crippen LogP contribution in [0, 0.1) is 34.5 Å². The molecule has 0 bridgehead atoms. The number of ketones is 2. The highest BCUT2D eigenvalue weighted by Gasteiger charge is 2.66. The number of carboxylic acid groups (broad SMARTS) is 1. The van der Waals surface area contributed by atoms with E-state index in [1.807, 2.05) is 0 Å². The second-order valence-electron chi connectivity index (χ2n) is 10.5. The molecule has 0 aliphatic heterocycles. The zero-order chi connectivity index (χ0) is 21.2. The van der Waals surface area contributed by atoms with Crippen LogP contribution in [0.5, 0.6) is 0 Å². The number of ether oxygens (including phenoxy) is 1. The van der Waals surface area contributed by atoms with Gasteiger partial charge < -0.3 is 9.84 Å². The molecule has 5 nitrogen and oxygen atoms in total. The van der Waals surface area contributed by atoms with Gasteiger partial charge in [-0.1, -0.05) is 19.4 Å². The normalized spacial score (nSPS) is 46.3. The SMILES string of the molecule is COC1(CC(=O)O)CC(=O)C=C2CC[C@H]3[C@@H]4CC[C@H](C(C)=O)[C@@]4(C)CC[C@@H]3[C@]21C. The van der Waals surface area contributed by atoms with E-state index in [-0.39, 0.29) is 30.0 Å². The molecule has 7 atom stereocenters. The van der Waals surface area contributed by atoms with Crippen LogP contribution in [0.3, 0.4) is 0 Å². The zero-order valence-corrected chi connectivity index (χ0v) is 18.1. The molecule has 0 radical (unpaired) electrons. The predicted octanol–water partition coefficient (Wildman–Crippen LogP) is 4.19. The van der Waals surface area contributed by atoms with Crippen molar-refractivity contribution < 1.29 is 24.2 Å². The number of hydrogen-bond donors (Lipinski definition) is 1. The molecule has 0 amide bonds. The lowest BCUT2D eigenvalue weighted by Crippen LogP contribution is -2.62. The molecule has 0 aromatic rings. The van der Waals surface area contributed by atoms with Gasteiger partial charge in [-0.3, -0.25) is 14.4 Å². The summed E-state index contributed by atoms with van der Waals surface area (Å²) in [7, 11) is 1.57. The van der Waals surface area contributed by atoms with Crippen molar-refractivity contribution in [1.82, 2.24) is 0 Å². The molecule has 1 N–H and O–H groups in total. The van der Waals surface area contributed by atoms with Crippen molar-refractivity contribution in [2.45, 2.75) is 77.7 Å². The van der Waals surface area contributed by atoms with Gasteiger partial charge in [0.15, 0.2) is 5.78 Å². The third-order valence-electron chi connectivity index (χ3n) is 9.65. The number of hydrogen-bond acceptors (Lipinski definition) is 4. The lowest BCUT2D eigenvalue weighted by atomic mass is 9.43. The molecule has 4 aliphatic rings. The second-order valence-corrected chi connectivity index (χ2v) is 10.5. The summed E-state index contributed by atoms with van der Waals surface area (Å²) < 4.78 is 5.98. The molecule has 0 spiro atoms. The molecule has 0 saturated heterocycles. The molecule has 0 aromatic carbocycles. The maximum absolute atomic E-state index is 12.5. The minimum atomic E-state index is -0.990. The summed E-state index contributed by atoms with van der Waals surface area (Å²) >= 11 is 0. The molecular formula is C24H34O5. The van der Waals surface area contributed by atoms with E-state index in [0.29, 0.717) is 23.5 Å². The monoisotopic (exact) mass is 402 g/mol. The van der Waals surface area contributed by atoms with E-state index >= 15 is 0 Å². The van der Waals surface area contributed by atoms with Crippen LogP contribution in [0.25, 0.3) is 0 Å². The van der Waals surface area contributed by atoms with E-state index < -0.39 is 17.0 Å². The fraction of sp³-hybridized carbons (Fsp3) is 0.792. The molecule has 0 aromatic heterocycles. The van der Waals surface area contributed by atoms with Crippen LogP contribution in [0.1, 0.15) is 72.1 Å². The summed E-state index contributed by atoms with van der Waals surface area (Å²) in [4.78, 5) is 36.7. The van der Waals surface area contributed by atoms with Crippen LogP contribution < -0.4 is 0 Å². The van der Waals surface area contributed by atoms with Gasteiger partial charge in [0.05, 0.1) is 12.0 Å². The first-order valence-corrected chi connectivity index (χ1v) is 11.1. The smallest absolute Gasteiger partial charge is 0.306 e. The molecule has 4 aliphatic carbocycles. The van der Waals surface area contributed by atoms with Gasteiger partial charge in [-0.05, 0) is 74.7 Å². The summed E-state index contributed by atoms with van der Waals surface area (Å²) in [6.07, 6.45) is 7.64. The lowest BCUT2D eigenvalue weighted by Gasteiger charge is -2.63. The van der Waals surface area contributed by atoms with Crippen LogP contribution in [0.15, 0.2) is 11.6 Å². The van der Waals surface area contributed by atoms with Crippen molar-refractivity contribution in [3.05, 3.63) is 11.6 Å². The Morgan fingerprint density at radius 3 is 2.52 bits per heavy atom. The fourth-order valence-electron chi connectivity index (χ4n) is 8.30. The number of carbonyl (C=O) groups is 3. The first-order chi connectivity index (χ1) is 13.6. The highest BCUT2D eigenvalue weighted by molar-refractivity contribution is 5.93. The van der Waals surface area contributed by atoms with E-state index in [0.717, 1.165) is 44.1 Å². The summed E-state index contributed by atoms with van der Waals surface area (Å²) in [6, 6.07) is 0.